The van der Waals surface area contributed by atoms with Crippen molar-refractivity contribution < 1.29 is 19.5 Å². The van der Waals surface area contributed by atoms with Crippen LogP contribution in [-0.2, 0) is 16.0 Å². The Balaban J connectivity index is 1.71. The van der Waals surface area contributed by atoms with E-state index in [9.17, 15) is 19.5 Å². The highest BCUT2D eigenvalue weighted by molar-refractivity contribution is 7.10. The first-order valence-corrected chi connectivity index (χ1v) is 9.80. The zero-order chi connectivity index (χ0) is 19.0. The normalized spacial score (nSPS) is 26.7. The van der Waals surface area contributed by atoms with Crippen LogP contribution in [0.25, 0.3) is 0 Å². The summed E-state index contributed by atoms with van der Waals surface area (Å²) >= 11 is 1.50. The maximum absolute atomic E-state index is 12.7. The Morgan fingerprint density at radius 2 is 1.81 bits per heavy atom. The third kappa shape index (κ3) is 3.16. The number of carbonyl (C=O) groups excluding carboxylic acids is 2. The molecule has 3 rings (SSSR count). The SMILES string of the molecule is CCc1cc(C(=O)NNC(=O)[C@H]2[C@H](C(=O)O)[C@H]3CC[C@H]2C3=C(C)C)cs1. The van der Waals surface area contributed by atoms with Crippen LogP contribution in [-0.4, -0.2) is 22.9 Å². The Hall–Kier alpha value is -2.15. The molecule has 0 aliphatic heterocycles. The lowest BCUT2D eigenvalue weighted by atomic mass is 9.79. The van der Waals surface area contributed by atoms with Gasteiger partial charge in [-0.2, -0.15) is 0 Å². The van der Waals surface area contributed by atoms with E-state index >= 15 is 0 Å². The van der Waals surface area contributed by atoms with E-state index in [0.29, 0.717) is 5.56 Å². The summed E-state index contributed by atoms with van der Waals surface area (Å²) in [5.74, 6) is -3.20. The molecule has 1 aromatic heterocycles. The number of carbonyl (C=O) groups is 3. The molecule has 2 aliphatic rings. The molecule has 2 saturated carbocycles. The fourth-order valence-electron chi connectivity index (χ4n) is 4.56. The minimum absolute atomic E-state index is 0.0455. The lowest BCUT2D eigenvalue weighted by molar-refractivity contribution is -0.149. The summed E-state index contributed by atoms with van der Waals surface area (Å²) in [6.45, 7) is 5.96. The molecule has 2 amide bonds. The predicted octanol–water partition coefficient (Wildman–Crippen LogP) is 2.76. The van der Waals surface area contributed by atoms with E-state index in [2.05, 4.69) is 10.9 Å². The van der Waals surface area contributed by atoms with E-state index in [-0.39, 0.29) is 17.7 Å². The number of hydrogen-bond acceptors (Lipinski definition) is 4. The molecule has 1 aromatic rings. The van der Waals surface area contributed by atoms with Gasteiger partial charge in [0.15, 0.2) is 0 Å². The third-order valence-corrected chi connectivity index (χ3v) is 6.65. The van der Waals surface area contributed by atoms with Crippen LogP contribution in [0, 0.1) is 23.7 Å². The Kier molecular flexibility index (Phi) is 5.18. The highest BCUT2D eigenvalue weighted by Gasteiger charge is 2.57. The van der Waals surface area contributed by atoms with Crippen LogP contribution in [0.3, 0.4) is 0 Å². The van der Waals surface area contributed by atoms with Gasteiger partial charge >= 0.3 is 5.97 Å². The van der Waals surface area contributed by atoms with Gasteiger partial charge in [0.2, 0.25) is 5.91 Å². The summed E-state index contributed by atoms with van der Waals surface area (Å²) in [5, 5.41) is 11.4. The molecule has 140 valence electrons. The minimum atomic E-state index is -0.937. The number of nitrogens with one attached hydrogen (secondary N) is 2. The smallest absolute Gasteiger partial charge is 0.307 e. The molecule has 4 atom stereocenters. The van der Waals surface area contributed by atoms with E-state index in [1.54, 1.807) is 11.4 Å². The van der Waals surface area contributed by atoms with Gasteiger partial charge in [0.05, 0.1) is 17.4 Å². The number of aliphatic carboxylic acids is 1. The quantitative estimate of drug-likeness (QED) is 0.556. The van der Waals surface area contributed by atoms with E-state index < -0.39 is 23.7 Å². The third-order valence-electron chi connectivity index (χ3n) is 5.57. The second kappa shape index (κ2) is 7.23. The van der Waals surface area contributed by atoms with Crippen LogP contribution in [0.4, 0.5) is 0 Å². The molecule has 0 unspecified atom stereocenters. The second-order valence-corrected chi connectivity index (χ2v) is 8.23. The number of aryl methyl sites for hydroxylation is 1. The van der Waals surface area contributed by atoms with Crippen LogP contribution < -0.4 is 10.9 Å². The van der Waals surface area contributed by atoms with Crippen molar-refractivity contribution in [1.29, 1.82) is 0 Å². The molecular formula is C19H24N2O4S. The van der Waals surface area contributed by atoms with Gasteiger partial charge in [-0.15, -0.1) is 11.3 Å². The monoisotopic (exact) mass is 376 g/mol. The Morgan fingerprint density at radius 1 is 1.15 bits per heavy atom. The van der Waals surface area contributed by atoms with Gasteiger partial charge in [0.1, 0.15) is 0 Å². The first-order valence-electron chi connectivity index (χ1n) is 8.92. The van der Waals surface area contributed by atoms with Crippen LogP contribution >= 0.6 is 11.3 Å². The van der Waals surface area contributed by atoms with E-state index in [1.807, 2.05) is 20.8 Å². The van der Waals surface area contributed by atoms with Crippen LogP contribution in [0.15, 0.2) is 22.6 Å². The van der Waals surface area contributed by atoms with E-state index in [4.69, 9.17) is 0 Å². The van der Waals surface area contributed by atoms with Crippen molar-refractivity contribution in [2.45, 2.75) is 40.0 Å². The Bertz CT molecular complexity index is 778. The number of amides is 2. The zero-order valence-electron chi connectivity index (χ0n) is 15.2. The Morgan fingerprint density at radius 3 is 2.35 bits per heavy atom. The topological polar surface area (TPSA) is 95.5 Å². The number of hydrazine groups is 1. The molecule has 6 nitrogen and oxygen atoms in total. The second-order valence-electron chi connectivity index (χ2n) is 7.23. The van der Waals surface area contributed by atoms with Crippen molar-refractivity contribution in [2.24, 2.45) is 23.7 Å². The lowest BCUT2D eigenvalue weighted by Gasteiger charge is -2.26. The number of allylic oxidation sites excluding steroid dienone is 2. The minimum Gasteiger partial charge on any atom is -0.481 e. The number of rotatable bonds is 4. The standard InChI is InChI=1S/C19H24N2O4S/c1-4-11-7-10(8-26-11)17(22)20-21-18(23)15-12-5-6-13(14(12)9(2)3)16(15)19(24)25/h7-8,12-13,15-16H,4-6H2,1-3H3,(H,20,22)(H,21,23)(H,24,25)/t12-,13-,15+,16+/m0/s1. The Labute approximate surface area is 156 Å². The maximum Gasteiger partial charge on any atom is 0.307 e. The average Bonchev–Trinajstić information content (AvgIpc) is 3.30. The molecule has 0 spiro atoms. The summed E-state index contributed by atoms with van der Waals surface area (Å²) in [6, 6.07) is 1.80. The van der Waals surface area contributed by atoms with Gasteiger partial charge in [-0.25, -0.2) is 0 Å². The molecule has 2 aliphatic carbocycles. The van der Waals surface area contributed by atoms with Gasteiger partial charge in [0.25, 0.3) is 5.91 Å². The van der Waals surface area contributed by atoms with Gasteiger partial charge in [-0.05, 0) is 51.0 Å². The zero-order valence-corrected chi connectivity index (χ0v) is 16.0. The summed E-state index contributed by atoms with van der Waals surface area (Å²) < 4.78 is 0. The summed E-state index contributed by atoms with van der Waals surface area (Å²) in [7, 11) is 0. The average molecular weight is 376 g/mol. The molecule has 0 saturated heterocycles. The van der Waals surface area contributed by atoms with E-state index in [0.717, 1.165) is 35.3 Å². The first-order chi connectivity index (χ1) is 12.3. The van der Waals surface area contributed by atoms with Crippen molar-refractivity contribution in [3.05, 3.63) is 33.0 Å². The molecule has 2 bridgehead atoms. The summed E-state index contributed by atoms with van der Waals surface area (Å²) in [5.41, 5.74) is 7.62. The van der Waals surface area contributed by atoms with Gasteiger partial charge in [0, 0.05) is 10.3 Å². The molecular weight excluding hydrogens is 352 g/mol. The van der Waals surface area contributed by atoms with Crippen molar-refractivity contribution in [2.75, 3.05) is 0 Å². The fourth-order valence-corrected chi connectivity index (χ4v) is 5.38. The van der Waals surface area contributed by atoms with Gasteiger partial charge < -0.3 is 5.11 Å². The number of fused-ring (bicyclic) bond motifs is 2. The number of hydrogen-bond donors (Lipinski definition) is 3. The number of carboxylic acids is 1. The van der Waals surface area contributed by atoms with Gasteiger partial charge in [-0.3, -0.25) is 25.2 Å². The van der Waals surface area contributed by atoms with Crippen molar-refractivity contribution in [3.63, 3.8) is 0 Å². The predicted molar refractivity (Wildman–Crippen MR) is 98.5 cm³/mol. The maximum atomic E-state index is 12.7. The van der Waals surface area contributed by atoms with Crippen molar-refractivity contribution >= 4 is 29.1 Å². The summed E-state index contributed by atoms with van der Waals surface area (Å²) in [6.07, 6.45) is 2.49. The molecule has 3 N–H and O–H groups in total. The molecule has 26 heavy (non-hydrogen) atoms. The lowest BCUT2D eigenvalue weighted by Crippen LogP contribution is -2.48. The van der Waals surface area contributed by atoms with Crippen LogP contribution in [0.2, 0.25) is 0 Å². The fraction of sp³-hybridized carbons (Fsp3) is 0.526. The van der Waals surface area contributed by atoms with Crippen molar-refractivity contribution in [3.8, 4) is 0 Å². The van der Waals surface area contributed by atoms with Crippen molar-refractivity contribution in [1.82, 2.24) is 10.9 Å². The highest BCUT2D eigenvalue weighted by Crippen LogP contribution is 2.57. The molecule has 1 heterocycles. The van der Waals surface area contributed by atoms with Crippen LogP contribution in [0.5, 0.6) is 0 Å². The van der Waals surface area contributed by atoms with Gasteiger partial charge in [-0.1, -0.05) is 18.1 Å². The van der Waals surface area contributed by atoms with E-state index in [1.165, 1.54) is 11.3 Å². The highest BCUT2D eigenvalue weighted by atomic mass is 32.1. The number of carboxylic acid groups (broad SMARTS) is 1. The molecule has 7 heteroatoms. The largest absolute Gasteiger partial charge is 0.481 e. The molecule has 0 aromatic carbocycles. The first kappa shape index (κ1) is 18.6. The summed E-state index contributed by atoms with van der Waals surface area (Å²) in [4.78, 5) is 37.8. The molecule has 2 fully saturated rings. The number of thiophene rings is 1. The molecule has 0 radical (unpaired) electrons. The van der Waals surface area contributed by atoms with Crippen LogP contribution in [0.1, 0.15) is 48.8 Å².